The molecule has 2 rings (SSSR count). The minimum Gasteiger partial charge on any atom is -0.319 e. The normalized spacial score (nSPS) is 10.0. The van der Waals surface area contributed by atoms with Gasteiger partial charge in [-0.1, -0.05) is 23.7 Å². The monoisotopic (exact) mass is 310 g/mol. The van der Waals surface area contributed by atoms with Crippen molar-refractivity contribution >= 4 is 39.1 Å². The predicted molar refractivity (Wildman–Crippen MR) is 71.3 cm³/mol. The Labute approximate surface area is 112 Å². The zero-order valence-corrected chi connectivity index (χ0v) is 11.0. The fraction of sp³-hybridized carbons (Fsp3) is 0. The molecule has 0 spiro atoms. The van der Waals surface area contributed by atoms with Crippen LogP contribution in [0.2, 0.25) is 5.15 Å². The highest BCUT2D eigenvalue weighted by Gasteiger charge is 2.11. The van der Waals surface area contributed by atoms with Gasteiger partial charge in [-0.3, -0.25) is 4.79 Å². The van der Waals surface area contributed by atoms with Gasteiger partial charge in [0.1, 0.15) is 0 Å². The SMILES string of the molecule is O=C(Nc1cccnc1Cl)c1ccccc1Br. The Morgan fingerprint density at radius 3 is 2.71 bits per heavy atom. The number of hydrogen-bond donors (Lipinski definition) is 1. The summed E-state index contributed by atoms with van der Waals surface area (Å²) in [5.41, 5.74) is 1.04. The Kier molecular flexibility index (Phi) is 3.76. The molecule has 17 heavy (non-hydrogen) atoms. The molecule has 0 saturated carbocycles. The maximum Gasteiger partial charge on any atom is 0.256 e. The van der Waals surface area contributed by atoms with Crippen molar-refractivity contribution in [2.75, 3.05) is 5.32 Å². The molecule has 2 aromatic rings. The summed E-state index contributed by atoms with van der Waals surface area (Å²) < 4.78 is 0.734. The van der Waals surface area contributed by atoms with E-state index in [2.05, 4.69) is 26.2 Å². The number of aromatic nitrogens is 1. The topological polar surface area (TPSA) is 42.0 Å². The van der Waals surface area contributed by atoms with Crippen molar-refractivity contribution in [2.24, 2.45) is 0 Å². The van der Waals surface area contributed by atoms with E-state index in [0.717, 1.165) is 4.47 Å². The molecule has 3 nitrogen and oxygen atoms in total. The van der Waals surface area contributed by atoms with Crippen molar-refractivity contribution in [2.45, 2.75) is 0 Å². The Hall–Kier alpha value is -1.39. The van der Waals surface area contributed by atoms with Gasteiger partial charge >= 0.3 is 0 Å². The zero-order chi connectivity index (χ0) is 12.3. The van der Waals surface area contributed by atoms with Gasteiger partial charge in [0.05, 0.1) is 11.3 Å². The van der Waals surface area contributed by atoms with Crippen molar-refractivity contribution in [1.82, 2.24) is 4.98 Å². The van der Waals surface area contributed by atoms with Crippen molar-refractivity contribution in [3.8, 4) is 0 Å². The van der Waals surface area contributed by atoms with Crippen molar-refractivity contribution in [3.05, 3.63) is 57.8 Å². The van der Waals surface area contributed by atoms with Crippen LogP contribution in [0.15, 0.2) is 47.1 Å². The second-order valence-corrected chi connectivity index (χ2v) is 4.49. The van der Waals surface area contributed by atoms with Gasteiger partial charge in [0.15, 0.2) is 5.15 Å². The lowest BCUT2D eigenvalue weighted by molar-refractivity contribution is 0.102. The third-order valence-corrected chi connectivity index (χ3v) is 3.12. The van der Waals surface area contributed by atoms with Crippen LogP contribution in [0.25, 0.3) is 0 Å². The van der Waals surface area contributed by atoms with E-state index in [1.165, 1.54) is 0 Å². The van der Waals surface area contributed by atoms with Crippen LogP contribution in [0.4, 0.5) is 5.69 Å². The van der Waals surface area contributed by atoms with Crippen LogP contribution in [0, 0.1) is 0 Å². The first-order chi connectivity index (χ1) is 8.18. The summed E-state index contributed by atoms with van der Waals surface area (Å²) in [6, 6.07) is 10.6. The molecule has 0 saturated heterocycles. The second kappa shape index (κ2) is 5.29. The van der Waals surface area contributed by atoms with Gasteiger partial charge in [-0.25, -0.2) is 4.98 Å². The first-order valence-electron chi connectivity index (χ1n) is 4.85. The fourth-order valence-electron chi connectivity index (χ4n) is 1.31. The van der Waals surface area contributed by atoms with Crippen LogP contribution in [-0.4, -0.2) is 10.9 Å². The standard InChI is InChI=1S/C12H8BrClN2O/c13-9-5-2-1-4-8(9)12(17)16-10-6-3-7-15-11(10)14/h1-7H,(H,16,17). The summed E-state index contributed by atoms with van der Waals surface area (Å²) in [4.78, 5) is 15.8. The molecule has 0 bridgehead atoms. The summed E-state index contributed by atoms with van der Waals surface area (Å²) in [5, 5.41) is 2.98. The minimum absolute atomic E-state index is 0.229. The third kappa shape index (κ3) is 2.84. The summed E-state index contributed by atoms with van der Waals surface area (Å²) in [6.07, 6.45) is 1.57. The number of amides is 1. The molecule has 0 unspecified atom stereocenters. The molecule has 0 radical (unpaired) electrons. The van der Waals surface area contributed by atoms with E-state index in [1.54, 1.807) is 36.5 Å². The number of nitrogens with zero attached hydrogens (tertiary/aromatic N) is 1. The Morgan fingerprint density at radius 1 is 1.24 bits per heavy atom. The molecule has 0 aliphatic rings. The quantitative estimate of drug-likeness (QED) is 0.858. The Bertz CT molecular complexity index is 560. The summed E-state index contributed by atoms with van der Waals surface area (Å²) >= 11 is 9.18. The first-order valence-corrected chi connectivity index (χ1v) is 6.02. The molecular weight excluding hydrogens is 304 g/mol. The molecule has 0 atom stereocenters. The number of anilines is 1. The van der Waals surface area contributed by atoms with Gasteiger partial charge in [-0.15, -0.1) is 0 Å². The lowest BCUT2D eigenvalue weighted by atomic mass is 10.2. The summed E-state index contributed by atoms with van der Waals surface area (Å²) in [7, 11) is 0. The third-order valence-electron chi connectivity index (χ3n) is 2.13. The Morgan fingerprint density at radius 2 is 2.00 bits per heavy atom. The highest BCUT2D eigenvalue weighted by Crippen LogP contribution is 2.21. The van der Waals surface area contributed by atoms with Crippen LogP contribution in [-0.2, 0) is 0 Å². The van der Waals surface area contributed by atoms with E-state index >= 15 is 0 Å². The average Bonchev–Trinajstić information content (AvgIpc) is 2.32. The minimum atomic E-state index is -0.229. The molecule has 0 fully saturated rings. The van der Waals surface area contributed by atoms with Gasteiger partial charge in [0.2, 0.25) is 0 Å². The number of pyridine rings is 1. The van der Waals surface area contributed by atoms with E-state index in [1.807, 2.05) is 6.07 Å². The van der Waals surface area contributed by atoms with Crippen LogP contribution in [0.1, 0.15) is 10.4 Å². The smallest absolute Gasteiger partial charge is 0.256 e. The van der Waals surface area contributed by atoms with E-state index in [-0.39, 0.29) is 11.1 Å². The number of carbonyl (C=O) groups excluding carboxylic acids is 1. The van der Waals surface area contributed by atoms with Gasteiger partial charge in [0.25, 0.3) is 5.91 Å². The zero-order valence-electron chi connectivity index (χ0n) is 8.65. The molecule has 1 N–H and O–H groups in total. The molecule has 0 aliphatic carbocycles. The van der Waals surface area contributed by atoms with Crippen molar-refractivity contribution < 1.29 is 4.79 Å². The maximum atomic E-state index is 12.0. The van der Waals surface area contributed by atoms with Crippen LogP contribution in [0.5, 0.6) is 0 Å². The number of halogens is 2. The lowest BCUT2D eigenvalue weighted by Crippen LogP contribution is -2.12. The summed E-state index contributed by atoms with van der Waals surface area (Å²) in [6.45, 7) is 0. The molecular formula is C12H8BrClN2O. The first kappa shape index (κ1) is 12.1. The molecule has 86 valence electrons. The lowest BCUT2D eigenvalue weighted by Gasteiger charge is -2.07. The highest BCUT2D eigenvalue weighted by molar-refractivity contribution is 9.10. The van der Waals surface area contributed by atoms with E-state index in [9.17, 15) is 4.79 Å². The average molecular weight is 312 g/mol. The molecule has 1 amide bonds. The number of benzene rings is 1. The largest absolute Gasteiger partial charge is 0.319 e. The van der Waals surface area contributed by atoms with Gasteiger partial charge < -0.3 is 5.32 Å². The Balaban J connectivity index is 2.24. The number of hydrogen-bond acceptors (Lipinski definition) is 2. The molecule has 5 heteroatoms. The number of rotatable bonds is 2. The highest BCUT2D eigenvalue weighted by atomic mass is 79.9. The molecule has 1 aromatic carbocycles. The molecule has 0 aliphatic heterocycles. The fourth-order valence-corrected chi connectivity index (χ4v) is 1.95. The van der Waals surface area contributed by atoms with Crippen LogP contribution >= 0.6 is 27.5 Å². The second-order valence-electron chi connectivity index (χ2n) is 3.28. The van der Waals surface area contributed by atoms with E-state index < -0.39 is 0 Å². The summed E-state index contributed by atoms with van der Waals surface area (Å²) in [5.74, 6) is -0.229. The van der Waals surface area contributed by atoms with Gasteiger partial charge in [-0.2, -0.15) is 0 Å². The molecule has 1 aromatic heterocycles. The van der Waals surface area contributed by atoms with Crippen LogP contribution in [0.3, 0.4) is 0 Å². The number of carbonyl (C=O) groups is 1. The van der Waals surface area contributed by atoms with Gasteiger partial charge in [-0.05, 0) is 40.2 Å². The maximum absolute atomic E-state index is 12.0. The van der Waals surface area contributed by atoms with E-state index in [0.29, 0.717) is 11.3 Å². The predicted octanol–water partition coefficient (Wildman–Crippen LogP) is 3.75. The van der Waals surface area contributed by atoms with Crippen molar-refractivity contribution in [3.63, 3.8) is 0 Å². The molecule has 1 heterocycles. The van der Waals surface area contributed by atoms with Crippen molar-refractivity contribution in [1.29, 1.82) is 0 Å². The van der Waals surface area contributed by atoms with E-state index in [4.69, 9.17) is 11.6 Å². The van der Waals surface area contributed by atoms with Crippen LogP contribution < -0.4 is 5.32 Å². The number of nitrogens with one attached hydrogen (secondary N) is 1. The van der Waals surface area contributed by atoms with Gasteiger partial charge in [0, 0.05) is 10.7 Å².